The Kier molecular flexibility index (Phi) is 11.9. The number of carboxylic acids is 1. The van der Waals surface area contributed by atoms with Gasteiger partial charge in [0.15, 0.2) is 0 Å². The van der Waals surface area contributed by atoms with Crippen molar-refractivity contribution in [1.29, 1.82) is 0 Å². The predicted octanol–water partition coefficient (Wildman–Crippen LogP) is -3.68. The third-order valence-electron chi connectivity index (χ3n) is 5.13. The van der Waals surface area contributed by atoms with Gasteiger partial charge in [-0.25, -0.2) is 4.79 Å². The highest BCUT2D eigenvalue weighted by molar-refractivity contribution is 5.95. The maximum Gasteiger partial charge on any atom is 0.326 e. The Morgan fingerprint density at radius 2 is 1.43 bits per heavy atom. The number of carbonyl (C=O) groups is 6. The lowest BCUT2D eigenvalue weighted by molar-refractivity contribution is -0.144. The van der Waals surface area contributed by atoms with E-state index in [0.29, 0.717) is 5.56 Å². The van der Waals surface area contributed by atoms with Crippen LogP contribution in [0.4, 0.5) is 0 Å². The number of primary amides is 2. The number of aliphatic hydroxyl groups excluding tert-OH is 1. The number of amides is 5. The van der Waals surface area contributed by atoms with E-state index in [-0.39, 0.29) is 25.0 Å². The van der Waals surface area contributed by atoms with E-state index < -0.39 is 72.2 Å². The average Bonchev–Trinajstić information content (AvgIpc) is 2.80. The van der Waals surface area contributed by atoms with Gasteiger partial charge in [-0.15, -0.1) is 0 Å². The number of aromatic hydroxyl groups is 1. The van der Waals surface area contributed by atoms with E-state index in [1.165, 1.54) is 31.2 Å². The summed E-state index contributed by atoms with van der Waals surface area (Å²) >= 11 is 0. The minimum absolute atomic E-state index is 0.0641. The molecule has 0 heterocycles. The van der Waals surface area contributed by atoms with Crippen LogP contribution in [-0.2, 0) is 35.2 Å². The Labute approximate surface area is 211 Å². The van der Waals surface area contributed by atoms with Crippen molar-refractivity contribution in [1.82, 2.24) is 16.0 Å². The SMILES string of the molecule is CC(O)C(NC(=O)C(N)CCC(N)=O)C(=O)NC(Cc1ccc(O)cc1)C(=O)NC(CC(N)=O)C(=O)O. The lowest BCUT2D eigenvalue weighted by atomic mass is 10.0. The second-order valence-electron chi connectivity index (χ2n) is 8.34. The van der Waals surface area contributed by atoms with Gasteiger partial charge in [-0.2, -0.15) is 0 Å². The molecule has 1 aromatic rings. The first-order chi connectivity index (χ1) is 17.2. The third kappa shape index (κ3) is 10.9. The van der Waals surface area contributed by atoms with Gasteiger partial charge in [0.05, 0.1) is 18.6 Å². The van der Waals surface area contributed by atoms with E-state index in [0.717, 1.165) is 0 Å². The second-order valence-corrected chi connectivity index (χ2v) is 8.34. The molecule has 0 aliphatic carbocycles. The average molecular weight is 525 g/mol. The molecule has 12 N–H and O–H groups in total. The van der Waals surface area contributed by atoms with Crippen LogP contribution in [0.2, 0.25) is 0 Å². The van der Waals surface area contributed by atoms with Gasteiger partial charge >= 0.3 is 5.97 Å². The van der Waals surface area contributed by atoms with Crippen LogP contribution < -0.4 is 33.2 Å². The van der Waals surface area contributed by atoms with E-state index in [9.17, 15) is 44.1 Å². The molecule has 0 fully saturated rings. The van der Waals surface area contributed by atoms with Crippen LogP contribution in [0.1, 0.15) is 31.7 Å². The van der Waals surface area contributed by atoms with Crippen molar-refractivity contribution in [3.63, 3.8) is 0 Å². The summed E-state index contributed by atoms with van der Waals surface area (Å²) in [6, 6.07) is -0.368. The molecule has 0 aromatic heterocycles. The molecule has 37 heavy (non-hydrogen) atoms. The van der Waals surface area contributed by atoms with Crippen LogP contribution in [0, 0.1) is 0 Å². The van der Waals surface area contributed by atoms with E-state index in [2.05, 4.69) is 16.0 Å². The van der Waals surface area contributed by atoms with Gasteiger partial charge in [0, 0.05) is 12.8 Å². The molecule has 0 bridgehead atoms. The van der Waals surface area contributed by atoms with Crippen LogP contribution in [0.3, 0.4) is 0 Å². The molecule has 1 aromatic carbocycles. The van der Waals surface area contributed by atoms with Gasteiger partial charge in [-0.3, -0.25) is 24.0 Å². The van der Waals surface area contributed by atoms with Crippen molar-refractivity contribution in [3.05, 3.63) is 29.8 Å². The molecule has 5 amide bonds. The van der Waals surface area contributed by atoms with Gasteiger partial charge in [-0.1, -0.05) is 12.1 Å². The number of hydrogen-bond acceptors (Lipinski definition) is 9. The van der Waals surface area contributed by atoms with Crippen LogP contribution in [0.15, 0.2) is 24.3 Å². The number of nitrogens with two attached hydrogens (primary N) is 3. The van der Waals surface area contributed by atoms with E-state index in [1.807, 2.05) is 0 Å². The number of aliphatic hydroxyl groups is 1. The Morgan fingerprint density at radius 1 is 0.865 bits per heavy atom. The highest BCUT2D eigenvalue weighted by Gasteiger charge is 2.33. The van der Waals surface area contributed by atoms with Crippen molar-refractivity contribution in [2.75, 3.05) is 0 Å². The van der Waals surface area contributed by atoms with Crippen molar-refractivity contribution in [3.8, 4) is 5.75 Å². The highest BCUT2D eigenvalue weighted by Crippen LogP contribution is 2.12. The van der Waals surface area contributed by atoms with Crippen molar-refractivity contribution in [2.45, 2.75) is 62.9 Å². The number of hydrogen-bond donors (Lipinski definition) is 9. The maximum atomic E-state index is 13.0. The topological polar surface area (TPSA) is 277 Å². The minimum Gasteiger partial charge on any atom is -0.508 e. The monoisotopic (exact) mass is 524 g/mol. The zero-order chi connectivity index (χ0) is 28.3. The fourth-order valence-corrected chi connectivity index (χ4v) is 3.11. The molecular weight excluding hydrogens is 492 g/mol. The van der Waals surface area contributed by atoms with Gasteiger partial charge in [0.2, 0.25) is 29.5 Å². The Hall–Kier alpha value is -4.24. The summed E-state index contributed by atoms with van der Waals surface area (Å²) in [5, 5.41) is 35.5. The highest BCUT2D eigenvalue weighted by atomic mass is 16.4. The zero-order valence-electron chi connectivity index (χ0n) is 20.0. The van der Waals surface area contributed by atoms with Gasteiger partial charge < -0.3 is 48.5 Å². The Balaban J connectivity index is 3.11. The number of phenols is 1. The fourth-order valence-electron chi connectivity index (χ4n) is 3.11. The first kappa shape index (κ1) is 30.8. The molecule has 0 aliphatic rings. The number of nitrogens with one attached hydrogen (secondary N) is 3. The zero-order valence-corrected chi connectivity index (χ0v) is 20.0. The number of phenolic OH excluding ortho intramolecular Hbond substituents is 1. The summed E-state index contributed by atoms with van der Waals surface area (Å²) in [5.74, 6) is -6.15. The summed E-state index contributed by atoms with van der Waals surface area (Å²) in [6.07, 6.45) is -2.66. The molecule has 5 atom stereocenters. The maximum absolute atomic E-state index is 13.0. The summed E-state index contributed by atoms with van der Waals surface area (Å²) in [5.41, 5.74) is 16.2. The number of carboxylic acid groups (broad SMARTS) is 1. The summed E-state index contributed by atoms with van der Waals surface area (Å²) < 4.78 is 0. The first-order valence-electron chi connectivity index (χ1n) is 11.1. The van der Waals surface area contributed by atoms with Crippen LogP contribution in [-0.4, -0.2) is 81.1 Å². The standard InChI is InChI=1S/C22H32N6O9/c1-10(29)18(28-19(33)13(23)6-7-16(24)31)21(35)26-14(8-11-2-4-12(30)5-3-11)20(34)27-15(22(36)37)9-17(25)32/h2-5,10,13-15,18,29-30H,6-9,23H2,1H3,(H2,24,31)(H2,25,32)(H,26,35)(H,27,34)(H,28,33)(H,36,37). The molecule has 204 valence electrons. The normalized spacial score (nSPS) is 14.8. The fraction of sp³-hybridized carbons (Fsp3) is 0.455. The molecule has 15 heteroatoms. The summed E-state index contributed by atoms with van der Waals surface area (Å²) in [7, 11) is 0. The van der Waals surface area contributed by atoms with Crippen molar-refractivity contribution < 1.29 is 44.1 Å². The number of rotatable bonds is 15. The summed E-state index contributed by atoms with van der Waals surface area (Å²) in [4.78, 5) is 71.7. The van der Waals surface area contributed by atoms with Gasteiger partial charge in [0.25, 0.3) is 0 Å². The minimum atomic E-state index is -1.68. The molecule has 0 aliphatic heterocycles. The number of carbonyl (C=O) groups excluding carboxylic acids is 5. The molecular formula is C22H32N6O9. The smallest absolute Gasteiger partial charge is 0.326 e. The quantitative estimate of drug-likeness (QED) is 0.108. The molecule has 0 saturated carbocycles. The third-order valence-corrected chi connectivity index (χ3v) is 5.13. The molecule has 0 radical (unpaired) electrons. The molecule has 15 nitrogen and oxygen atoms in total. The molecule has 1 rings (SSSR count). The van der Waals surface area contributed by atoms with E-state index in [4.69, 9.17) is 17.2 Å². The van der Waals surface area contributed by atoms with E-state index >= 15 is 0 Å². The summed E-state index contributed by atoms with van der Waals surface area (Å²) in [6.45, 7) is 1.20. The number of aliphatic carboxylic acids is 1. The second kappa shape index (κ2) is 14.4. The van der Waals surface area contributed by atoms with E-state index in [1.54, 1.807) is 0 Å². The van der Waals surface area contributed by atoms with Crippen LogP contribution in [0.25, 0.3) is 0 Å². The Morgan fingerprint density at radius 3 is 1.92 bits per heavy atom. The largest absolute Gasteiger partial charge is 0.508 e. The first-order valence-corrected chi connectivity index (χ1v) is 11.1. The van der Waals surface area contributed by atoms with Crippen LogP contribution >= 0.6 is 0 Å². The lowest BCUT2D eigenvalue weighted by Crippen LogP contribution is -2.60. The van der Waals surface area contributed by atoms with Crippen LogP contribution in [0.5, 0.6) is 5.75 Å². The molecule has 5 unspecified atom stereocenters. The molecule has 0 spiro atoms. The van der Waals surface area contributed by atoms with Gasteiger partial charge in [0.1, 0.15) is 23.9 Å². The molecule has 0 saturated heterocycles. The lowest BCUT2D eigenvalue weighted by Gasteiger charge is -2.26. The van der Waals surface area contributed by atoms with Crippen molar-refractivity contribution >= 4 is 35.5 Å². The Bertz CT molecular complexity index is 999. The predicted molar refractivity (Wildman–Crippen MR) is 127 cm³/mol. The number of benzene rings is 1. The van der Waals surface area contributed by atoms with Crippen molar-refractivity contribution in [2.24, 2.45) is 17.2 Å². The van der Waals surface area contributed by atoms with Gasteiger partial charge in [-0.05, 0) is 31.0 Å².